The molecule has 1 aromatic carbocycles. The molecular weight excluding hydrogens is 366 g/mol. The number of furan rings is 1. The number of hydrogen-bond acceptors (Lipinski definition) is 6. The summed E-state index contributed by atoms with van der Waals surface area (Å²) in [7, 11) is 0. The zero-order valence-corrected chi connectivity index (χ0v) is 14.7. The highest BCUT2D eigenvalue weighted by molar-refractivity contribution is 5.82. The third kappa shape index (κ3) is 3.64. The molecule has 3 aromatic rings. The van der Waals surface area contributed by atoms with Crippen LogP contribution in [0.2, 0.25) is 0 Å². The van der Waals surface area contributed by atoms with E-state index in [-0.39, 0.29) is 5.95 Å². The van der Waals surface area contributed by atoms with Gasteiger partial charge in [0.05, 0.1) is 6.04 Å². The predicted molar refractivity (Wildman–Crippen MR) is 91.9 cm³/mol. The predicted octanol–water partition coefficient (Wildman–Crippen LogP) is 4.35. The Morgan fingerprint density at radius 3 is 2.48 bits per heavy atom. The number of alkyl halides is 4. The highest BCUT2D eigenvalue weighted by Crippen LogP contribution is 2.33. The second-order valence-corrected chi connectivity index (χ2v) is 6.27. The van der Waals surface area contributed by atoms with E-state index in [1.165, 1.54) is 0 Å². The number of aryl methyl sites for hydroxylation is 2. The van der Waals surface area contributed by atoms with E-state index in [1.54, 1.807) is 13.0 Å². The maximum atomic E-state index is 13.5. The van der Waals surface area contributed by atoms with Gasteiger partial charge in [0, 0.05) is 5.39 Å². The number of nitrogens with one attached hydrogen (secondary N) is 1. The summed E-state index contributed by atoms with van der Waals surface area (Å²) in [5.41, 5.74) is 8.10. The molecule has 0 aliphatic heterocycles. The number of nitrogens with two attached hydrogens (primary N) is 1. The van der Waals surface area contributed by atoms with E-state index in [9.17, 15) is 17.6 Å². The summed E-state index contributed by atoms with van der Waals surface area (Å²) in [6.07, 6.45) is -3.97. The van der Waals surface area contributed by atoms with Gasteiger partial charge in [-0.3, -0.25) is 0 Å². The van der Waals surface area contributed by atoms with Gasteiger partial charge in [0.25, 0.3) is 0 Å². The van der Waals surface area contributed by atoms with E-state index in [2.05, 4.69) is 20.3 Å². The standard InChI is InChI=1S/C17H17F4N5O/c1-7-4-8(2)10-6-11(27-12(10)5-7)9(3)23-16-25-14(24-15(22)26-16)17(20,21)13(18)19/h4-6,9,13H,1-3H3,(H3,22,23,24,25,26). The van der Waals surface area contributed by atoms with Crippen LogP contribution in [0.15, 0.2) is 22.6 Å². The molecule has 0 aliphatic carbocycles. The maximum Gasteiger partial charge on any atom is 0.365 e. The van der Waals surface area contributed by atoms with Gasteiger partial charge >= 0.3 is 12.3 Å². The number of hydrogen-bond donors (Lipinski definition) is 2. The van der Waals surface area contributed by atoms with Crippen molar-refractivity contribution in [3.05, 3.63) is 40.9 Å². The molecule has 1 unspecified atom stereocenters. The lowest BCUT2D eigenvalue weighted by Crippen LogP contribution is -2.28. The summed E-state index contributed by atoms with van der Waals surface area (Å²) in [5.74, 6) is -6.37. The third-order valence-corrected chi connectivity index (χ3v) is 4.00. The monoisotopic (exact) mass is 383 g/mol. The molecule has 0 saturated carbocycles. The van der Waals surface area contributed by atoms with Crippen molar-refractivity contribution in [3.63, 3.8) is 0 Å². The number of rotatable bonds is 5. The average Bonchev–Trinajstić information content (AvgIpc) is 2.98. The van der Waals surface area contributed by atoms with Crippen molar-refractivity contribution in [1.29, 1.82) is 0 Å². The molecule has 2 heterocycles. The van der Waals surface area contributed by atoms with Crippen LogP contribution in [0, 0.1) is 13.8 Å². The van der Waals surface area contributed by atoms with Gasteiger partial charge in [0.1, 0.15) is 11.3 Å². The van der Waals surface area contributed by atoms with Gasteiger partial charge in [0.15, 0.2) is 0 Å². The Bertz CT molecular complexity index is 989. The molecule has 27 heavy (non-hydrogen) atoms. The van der Waals surface area contributed by atoms with Crippen molar-refractivity contribution in [1.82, 2.24) is 15.0 Å². The van der Waals surface area contributed by atoms with Crippen LogP contribution in [-0.2, 0) is 5.92 Å². The molecule has 0 bridgehead atoms. The Balaban J connectivity index is 1.91. The molecular formula is C17H17F4N5O. The van der Waals surface area contributed by atoms with E-state index in [4.69, 9.17) is 10.2 Å². The molecule has 3 N–H and O–H groups in total. The highest BCUT2D eigenvalue weighted by atomic mass is 19.3. The van der Waals surface area contributed by atoms with Crippen LogP contribution in [0.1, 0.15) is 35.7 Å². The second kappa shape index (κ2) is 6.67. The van der Waals surface area contributed by atoms with Crippen molar-refractivity contribution in [2.75, 3.05) is 11.1 Å². The SMILES string of the molecule is Cc1cc(C)c2cc(C(C)Nc3nc(N)nc(C(F)(F)C(F)F)n3)oc2c1. The summed E-state index contributed by atoms with van der Waals surface area (Å²) in [5, 5.41) is 3.64. The second-order valence-electron chi connectivity index (χ2n) is 6.27. The van der Waals surface area contributed by atoms with Crippen molar-refractivity contribution >= 4 is 22.9 Å². The first-order chi connectivity index (χ1) is 12.6. The molecule has 0 amide bonds. The Kier molecular flexibility index (Phi) is 4.66. The van der Waals surface area contributed by atoms with Gasteiger partial charge in [-0.1, -0.05) is 6.07 Å². The zero-order valence-electron chi connectivity index (χ0n) is 14.7. The Hall–Kier alpha value is -2.91. The van der Waals surface area contributed by atoms with E-state index in [1.807, 2.05) is 26.0 Å². The van der Waals surface area contributed by atoms with Crippen LogP contribution in [-0.4, -0.2) is 21.4 Å². The number of nitrogens with zero attached hydrogens (tertiary/aromatic N) is 3. The minimum atomic E-state index is -4.54. The summed E-state index contributed by atoms with van der Waals surface area (Å²) in [6.45, 7) is 5.57. The fourth-order valence-electron chi connectivity index (χ4n) is 2.69. The molecule has 144 valence electrons. The van der Waals surface area contributed by atoms with Gasteiger partial charge < -0.3 is 15.5 Å². The van der Waals surface area contributed by atoms with Gasteiger partial charge in [-0.15, -0.1) is 0 Å². The van der Waals surface area contributed by atoms with Gasteiger partial charge in [0.2, 0.25) is 17.7 Å². The quantitative estimate of drug-likeness (QED) is 0.637. The number of aromatic nitrogens is 3. The van der Waals surface area contributed by atoms with Crippen molar-refractivity contribution in [3.8, 4) is 0 Å². The number of nitrogen functional groups attached to an aromatic ring is 1. The number of fused-ring (bicyclic) bond motifs is 1. The summed E-state index contributed by atoms with van der Waals surface area (Å²) >= 11 is 0. The Labute approximate surface area is 151 Å². The lowest BCUT2D eigenvalue weighted by molar-refractivity contribution is -0.140. The molecule has 0 saturated heterocycles. The first-order valence-corrected chi connectivity index (χ1v) is 8.03. The van der Waals surface area contributed by atoms with Crippen LogP contribution in [0.4, 0.5) is 29.5 Å². The molecule has 6 nitrogen and oxygen atoms in total. The molecule has 3 rings (SSSR count). The highest BCUT2D eigenvalue weighted by Gasteiger charge is 2.46. The summed E-state index contributed by atoms with van der Waals surface area (Å²) in [4.78, 5) is 10.2. The molecule has 0 radical (unpaired) electrons. The largest absolute Gasteiger partial charge is 0.459 e. The van der Waals surface area contributed by atoms with Gasteiger partial charge in [-0.2, -0.15) is 23.7 Å². The van der Waals surface area contributed by atoms with Crippen LogP contribution in [0.3, 0.4) is 0 Å². The smallest absolute Gasteiger partial charge is 0.365 e. The molecule has 0 spiro atoms. The van der Waals surface area contributed by atoms with Crippen molar-refractivity contribution in [2.45, 2.75) is 39.2 Å². The maximum absolute atomic E-state index is 13.5. The first kappa shape index (κ1) is 18.9. The fourth-order valence-corrected chi connectivity index (χ4v) is 2.69. The van der Waals surface area contributed by atoms with E-state index in [0.717, 1.165) is 16.5 Å². The van der Waals surface area contributed by atoms with Crippen molar-refractivity contribution < 1.29 is 22.0 Å². The molecule has 0 fully saturated rings. The van der Waals surface area contributed by atoms with Crippen molar-refractivity contribution in [2.24, 2.45) is 0 Å². The van der Waals surface area contributed by atoms with Gasteiger partial charge in [-0.25, -0.2) is 8.78 Å². The van der Waals surface area contributed by atoms with E-state index in [0.29, 0.717) is 11.3 Å². The summed E-state index contributed by atoms with van der Waals surface area (Å²) in [6, 6.07) is 5.15. The minimum Gasteiger partial charge on any atom is -0.459 e. The average molecular weight is 383 g/mol. The molecule has 0 aliphatic rings. The number of anilines is 2. The van der Waals surface area contributed by atoms with Crippen LogP contribution in [0.5, 0.6) is 0 Å². The van der Waals surface area contributed by atoms with Crippen LogP contribution >= 0.6 is 0 Å². The molecule has 2 aromatic heterocycles. The Morgan fingerprint density at radius 1 is 1.11 bits per heavy atom. The minimum absolute atomic E-state index is 0.348. The number of halogens is 4. The Morgan fingerprint density at radius 2 is 1.81 bits per heavy atom. The van der Waals surface area contributed by atoms with E-state index >= 15 is 0 Å². The fraction of sp³-hybridized carbons (Fsp3) is 0.353. The van der Waals surface area contributed by atoms with Gasteiger partial charge in [-0.05, 0) is 44.0 Å². The number of benzene rings is 1. The topological polar surface area (TPSA) is 89.9 Å². The molecule has 10 heteroatoms. The zero-order chi connectivity index (χ0) is 19.9. The molecule has 1 atom stereocenters. The normalized spacial score (nSPS) is 13.3. The summed E-state index contributed by atoms with van der Waals surface area (Å²) < 4.78 is 57.9. The third-order valence-electron chi connectivity index (χ3n) is 4.00. The van der Waals surface area contributed by atoms with Crippen LogP contribution < -0.4 is 11.1 Å². The van der Waals surface area contributed by atoms with Crippen LogP contribution in [0.25, 0.3) is 11.0 Å². The van der Waals surface area contributed by atoms with E-state index < -0.39 is 30.2 Å². The first-order valence-electron chi connectivity index (χ1n) is 8.03. The lowest BCUT2D eigenvalue weighted by Gasteiger charge is -2.16. The lowest BCUT2D eigenvalue weighted by atomic mass is 10.1.